The van der Waals surface area contributed by atoms with Crippen LogP contribution in [0.2, 0.25) is 5.02 Å². The lowest BCUT2D eigenvalue weighted by Gasteiger charge is -2.13. The minimum absolute atomic E-state index is 0.113. The number of halogens is 1. The molecule has 1 aromatic heterocycles. The van der Waals surface area contributed by atoms with E-state index in [-0.39, 0.29) is 17.7 Å². The number of aryl methyl sites for hydroxylation is 1. The fourth-order valence-electron chi connectivity index (χ4n) is 3.90. The van der Waals surface area contributed by atoms with Crippen molar-refractivity contribution in [2.24, 2.45) is 0 Å². The molecule has 0 bridgehead atoms. The lowest BCUT2D eigenvalue weighted by molar-refractivity contribution is -0.116. The third kappa shape index (κ3) is 5.14. The van der Waals surface area contributed by atoms with Crippen molar-refractivity contribution in [1.29, 1.82) is 0 Å². The van der Waals surface area contributed by atoms with Gasteiger partial charge in [-0.25, -0.2) is 0 Å². The van der Waals surface area contributed by atoms with E-state index in [1.165, 1.54) is 4.90 Å². The molecule has 2 aromatic carbocycles. The summed E-state index contributed by atoms with van der Waals surface area (Å²) in [5.41, 5.74) is 2.81. The predicted octanol–water partition coefficient (Wildman–Crippen LogP) is 4.69. The maximum atomic E-state index is 12.4. The van der Waals surface area contributed by atoms with Crippen LogP contribution in [-0.2, 0) is 11.3 Å². The zero-order chi connectivity index (χ0) is 23.4. The highest BCUT2D eigenvalue weighted by molar-refractivity contribution is 6.31. The molecule has 33 heavy (non-hydrogen) atoms. The summed E-state index contributed by atoms with van der Waals surface area (Å²) in [7, 11) is 0. The van der Waals surface area contributed by atoms with E-state index in [1.54, 1.807) is 28.9 Å². The molecule has 0 aliphatic carbocycles. The lowest BCUT2D eigenvalue weighted by atomic mass is 10.1. The molecule has 0 saturated carbocycles. The van der Waals surface area contributed by atoms with Gasteiger partial charge in [-0.2, -0.15) is 5.10 Å². The van der Waals surface area contributed by atoms with E-state index in [4.69, 9.17) is 11.6 Å². The number of hydrogen-bond donors (Lipinski definition) is 1. The number of amides is 3. The first-order valence-corrected chi connectivity index (χ1v) is 11.3. The Hall–Kier alpha value is -3.45. The zero-order valence-electron chi connectivity index (χ0n) is 18.4. The van der Waals surface area contributed by atoms with Crippen LogP contribution in [0.3, 0.4) is 0 Å². The first kappa shape index (κ1) is 22.7. The molecule has 1 aliphatic heterocycles. The highest BCUT2D eigenvalue weighted by Crippen LogP contribution is 2.23. The Balaban J connectivity index is 1.20. The summed E-state index contributed by atoms with van der Waals surface area (Å²) in [6, 6.07) is 16.3. The fraction of sp³-hybridized carbons (Fsp3) is 0.280. The highest BCUT2D eigenvalue weighted by Gasteiger charge is 2.34. The monoisotopic (exact) mass is 464 g/mol. The number of unbranched alkanes of at least 4 members (excludes halogenated alkanes) is 2. The van der Waals surface area contributed by atoms with Gasteiger partial charge in [0.2, 0.25) is 5.91 Å². The second kappa shape index (κ2) is 10.0. The summed E-state index contributed by atoms with van der Waals surface area (Å²) < 4.78 is 1.80. The number of anilines is 1. The Morgan fingerprint density at radius 3 is 2.33 bits per heavy atom. The van der Waals surface area contributed by atoms with Crippen LogP contribution in [-0.4, -0.2) is 38.9 Å². The number of aromatic nitrogens is 2. The molecule has 0 spiro atoms. The normalized spacial score (nSPS) is 12.8. The van der Waals surface area contributed by atoms with Crippen LogP contribution in [0.5, 0.6) is 0 Å². The van der Waals surface area contributed by atoms with Gasteiger partial charge in [0.1, 0.15) is 0 Å². The molecule has 0 atom stereocenters. The van der Waals surface area contributed by atoms with Crippen LogP contribution in [0, 0.1) is 6.92 Å². The third-order valence-corrected chi connectivity index (χ3v) is 6.06. The quantitative estimate of drug-likeness (QED) is 0.368. The van der Waals surface area contributed by atoms with Crippen LogP contribution >= 0.6 is 11.6 Å². The number of fused-ring (bicyclic) bond motifs is 1. The van der Waals surface area contributed by atoms with Gasteiger partial charge in [0.25, 0.3) is 11.8 Å². The molecule has 3 aromatic rings. The zero-order valence-corrected chi connectivity index (χ0v) is 19.1. The van der Waals surface area contributed by atoms with Crippen molar-refractivity contribution in [2.75, 3.05) is 11.9 Å². The second-order valence-electron chi connectivity index (χ2n) is 8.09. The van der Waals surface area contributed by atoms with Gasteiger partial charge in [-0.1, -0.05) is 48.4 Å². The van der Waals surface area contributed by atoms with E-state index < -0.39 is 0 Å². The van der Waals surface area contributed by atoms with Crippen molar-refractivity contribution in [3.05, 3.63) is 82.0 Å². The molecule has 2 heterocycles. The highest BCUT2D eigenvalue weighted by atomic mass is 35.5. The molecule has 170 valence electrons. The van der Waals surface area contributed by atoms with Crippen molar-refractivity contribution >= 4 is 35.1 Å². The lowest BCUT2D eigenvalue weighted by Crippen LogP contribution is -2.30. The average Bonchev–Trinajstić information content (AvgIpc) is 3.26. The number of benzene rings is 2. The number of imide groups is 1. The summed E-state index contributed by atoms with van der Waals surface area (Å²) in [5.74, 6) is -0.0825. The van der Waals surface area contributed by atoms with E-state index in [9.17, 15) is 14.4 Å². The topological polar surface area (TPSA) is 84.3 Å². The van der Waals surface area contributed by atoms with Crippen LogP contribution in [0.15, 0.2) is 54.6 Å². The summed E-state index contributed by atoms with van der Waals surface area (Å²) in [5, 5.41) is 7.98. The number of carbonyl (C=O) groups is 3. The molecule has 8 heteroatoms. The third-order valence-electron chi connectivity index (χ3n) is 5.69. The largest absolute Gasteiger partial charge is 0.309 e. The molecule has 0 saturated heterocycles. The molecular formula is C25H25ClN4O3. The minimum Gasteiger partial charge on any atom is -0.309 e. The summed E-state index contributed by atoms with van der Waals surface area (Å²) >= 11 is 6.23. The maximum absolute atomic E-state index is 12.4. The number of hydrogen-bond acceptors (Lipinski definition) is 4. The van der Waals surface area contributed by atoms with Gasteiger partial charge in [0.15, 0.2) is 5.82 Å². The van der Waals surface area contributed by atoms with Gasteiger partial charge < -0.3 is 5.32 Å². The van der Waals surface area contributed by atoms with E-state index in [1.807, 2.05) is 37.3 Å². The first-order chi connectivity index (χ1) is 15.9. The standard InChI is InChI=1S/C25H25ClN4O3/c1-17-15-22(28-30(17)16-18-9-4-7-12-21(18)26)27-23(31)13-3-2-8-14-29-24(32)19-10-5-6-11-20(19)25(29)33/h4-7,9-12,15H,2-3,8,13-14,16H2,1H3,(H,27,28,31). The number of rotatable bonds is 9. The smallest absolute Gasteiger partial charge is 0.261 e. The molecule has 0 radical (unpaired) electrons. The van der Waals surface area contributed by atoms with E-state index >= 15 is 0 Å². The van der Waals surface area contributed by atoms with E-state index in [0.717, 1.165) is 17.7 Å². The van der Waals surface area contributed by atoms with Gasteiger partial charge >= 0.3 is 0 Å². The Morgan fingerprint density at radius 1 is 0.970 bits per heavy atom. The van der Waals surface area contributed by atoms with E-state index in [0.29, 0.717) is 54.3 Å². The number of nitrogens with zero attached hydrogens (tertiary/aromatic N) is 3. The van der Waals surface area contributed by atoms with Gasteiger partial charge in [-0.15, -0.1) is 0 Å². The average molecular weight is 465 g/mol. The summed E-state index contributed by atoms with van der Waals surface area (Å²) in [4.78, 5) is 38.3. The van der Waals surface area contributed by atoms with Crippen molar-refractivity contribution in [3.63, 3.8) is 0 Å². The van der Waals surface area contributed by atoms with Crippen LogP contribution in [0.25, 0.3) is 0 Å². The van der Waals surface area contributed by atoms with Crippen LogP contribution in [0.1, 0.15) is 57.7 Å². The summed E-state index contributed by atoms with van der Waals surface area (Å²) in [6.45, 7) is 2.82. The first-order valence-electron chi connectivity index (χ1n) is 11.0. The molecule has 0 unspecified atom stereocenters. The molecule has 7 nitrogen and oxygen atoms in total. The van der Waals surface area contributed by atoms with Crippen LogP contribution < -0.4 is 5.32 Å². The molecule has 1 N–H and O–H groups in total. The minimum atomic E-state index is -0.240. The molecular weight excluding hydrogens is 440 g/mol. The molecule has 3 amide bonds. The van der Waals surface area contributed by atoms with Crippen LogP contribution in [0.4, 0.5) is 5.82 Å². The van der Waals surface area contributed by atoms with Gasteiger partial charge in [0, 0.05) is 29.7 Å². The molecule has 1 aliphatic rings. The maximum Gasteiger partial charge on any atom is 0.261 e. The van der Waals surface area contributed by atoms with E-state index in [2.05, 4.69) is 10.4 Å². The Kier molecular flexibility index (Phi) is 6.89. The SMILES string of the molecule is Cc1cc(NC(=O)CCCCCN2C(=O)c3ccccc3C2=O)nn1Cc1ccccc1Cl. The fourth-order valence-corrected chi connectivity index (χ4v) is 4.09. The Labute approximate surface area is 197 Å². The van der Waals surface area contributed by atoms with Crippen molar-refractivity contribution in [1.82, 2.24) is 14.7 Å². The van der Waals surface area contributed by atoms with Gasteiger partial charge in [-0.3, -0.25) is 24.0 Å². The molecule has 0 fully saturated rings. The Bertz CT molecular complexity index is 1170. The van der Waals surface area contributed by atoms with Gasteiger partial charge in [0.05, 0.1) is 17.7 Å². The number of carbonyl (C=O) groups excluding carboxylic acids is 3. The second-order valence-corrected chi connectivity index (χ2v) is 8.49. The predicted molar refractivity (Wildman–Crippen MR) is 126 cm³/mol. The van der Waals surface area contributed by atoms with Crippen molar-refractivity contribution in [2.45, 2.75) is 39.2 Å². The number of nitrogens with one attached hydrogen (secondary N) is 1. The van der Waals surface area contributed by atoms with Crippen molar-refractivity contribution in [3.8, 4) is 0 Å². The summed E-state index contributed by atoms with van der Waals surface area (Å²) in [6.07, 6.45) is 2.40. The van der Waals surface area contributed by atoms with Gasteiger partial charge in [-0.05, 0) is 43.5 Å². The Morgan fingerprint density at radius 2 is 1.64 bits per heavy atom. The molecule has 4 rings (SSSR count). The van der Waals surface area contributed by atoms with Crippen molar-refractivity contribution < 1.29 is 14.4 Å².